The molecule has 0 radical (unpaired) electrons. The van der Waals surface area contributed by atoms with E-state index in [-0.39, 0.29) is 11.3 Å². The average molecular weight is 405 g/mol. The summed E-state index contributed by atoms with van der Waals surface area (Å²) in [5, 5.41) is 14.3. The number of carbonyl (C=O) groups excluding carboxylic acids is 1. The average Bonchev–Trinajstić information content (AvgIpc) is 2.63. The molecule has 1 aliphatic heterocycles. The number of benzene rings is 2. The molecule has 130 valence electrons. The molecule has 25 heavy (non-hydrogen) atoms. The molecule has 0 unspecified atom stereocenters. The van der Waals surface area contributed by atoms with Crippen molar-refractivity contribution in [2.24, 2.45) is 0 Å². The number of nitro benzene ring substituents is 1. The van der Waals surface area contributed by atoms with E-state index in [1.165, 1.54) is 18.2 Å². The lowest BCUT2D eigenvalue weighted by Crippen LogP contribution is -2.43. The van der Waals surface area contributed by atoms with E-state index < -0.39 is 16.5 Å². The maximum Gasteiger partial charge on any atom is 0.340 e. The first-order valence-corrected chi connectivity index (χ1v) is 8.75. The number of ether oxygens (including phenoxy) is 1. The number of carbonyl (C=O) groups is 1. The summed E-state index contributed by atoms with van der Waals surface area (Å²) in [5.41, 5.74) is 0.219. The van der Waals surface area contributed by atoms with Gasteiger partial charge < -0.3 is 10.1 Å². The number of esters is 1. The minimum Gasteiger partial charge on any atom is -0.450 e. The standard InChI is InChI=1S/C18H17BrN2O4/c19-16-7-6-14(21(23)24)12-15(16)17(22)25-18(8-10-20-11-9-18)13-4-2-1-3-5-13/h1-7,12,20H,8-11H2. The van der Waals surface area contributed by atoms with Gasteiger partial charge in [-0.3, -0.25) is 10.1 Å². The number of halogens is 1. The van der Waals surface area contributed by atoms with Crippen molar-refractivity contribution in [2.75, 3.05) is 13.1 Å². The van der Waals surface area contributed by atoms with Crippen LogP contribution in [0.25, 0.3) is 0 Å². The Bertz CT molecular complexity index is 789. The third-order valence-electron chi connectivity index (χ3n) is 4.38. The van der Waals surface area contributed by atoms with E-state index in [0.717, 1.165) is 18.7 Å². The predicted molar refractivity (Wildman–Crippen MR) is 96.4 cm³/mol. The Morgan fingerprint density at radius 3 is 2.48 bits per heavy atom. The first kappa shape index (κ1) is 17.6. The molecular weight excluding hydrogens is 388 g/mol. The van der Waals surface area contributed by atoms with E-state index in [0.29, 0.717) is 17.3 Å². The van der Waals surface area contributed by atoms with Crippen LogP contribution in [0.15, 0.2) is 53.0 Å². The molecule has 0 spiro atoms. The Morgan fingerprint density at radius 1 is 1.16 bits per heavy atom. The monoisotopic (exact) mass is 404 g/mol. The van der Waals surface area contributed by atoms with Gasteiger partial charge in [-0.2, -0.15) is 0 Å². The predicted octanol–water partition coefficient (Wildman–Crippen LogP) is 3.79. The Kier molecular flexibility index (Phi) is 5.15. The molecule has 7 heteroatoms. The van der Waals surface area contributed by atoms with Gasteiger partial charge in [-0.05, 0) is 40.6 Å². The number of non-ortho nitro benzene ring substituents is 1. The Morgan fingerprint density at radius 2 is 1.84 bits per heavy atom. The summed E-state index contributed by atoms with van der Waals surface area (Å²) >= 11 is 3.28. The van der Waals surface area contributed by atoms with Crippen LogP contribution in [0.3, 0.4) is 0 Å². The van der Waals surface area contributed by atoms with Gasteiger partial charge >= 0.3 is 5.97 Å². The molecule has 2 aromatic carbocycles. The Labute approximate surface area is 153 Å². The summed E-state index contributed by atoms with van der Waals surface area (Å²) in [6.07, 6.45) is 1.30. The zero-order chi connectivity index (χ0) is 17.9. The Hall–Kier alpha value is -2.25. The molecule has 1 aliphatic rings. The lowest BCUT2D eigenvalue weighted by atomic mass is 9.84. The summed E-state index contributed by atoms with van der Waals surface area (Å²) < 4.78 is 6.41. The molecule has 1 heterocycles. The summed E-state index contributed by atoms with van der Waals surface area (Å²) in [6, 6.07) is 13.7. The normalized spacial score (nSPS) is 16.2. The molecule has 0 aromatic heterocycles. The minimum absolute atomic E-state index is 0.144. The number of rotatable bonds is 4. The van der Waals surface area contributed by atoms with Gasteiger partial charge in [0.25, 0.3) is 5.69 Å². The molecule has 2 aromatic rings. The van der Waals surface area contributed by atoms with Crippen molar-refractivity contribution in [1.82, 2.24) is 5.32 Å². The number of nitrogens with one attached hydrogen (secondary N) is 1. The van der Waals surface area contributed by atoms with E-state index in [9.17, 15) is 14.9 Å². The summed E-state index contributed by atoms with van der Waals surface area (Å²) in [4.78, 5) is 23.3. The van der Waals surface area contributed by atoms with Crippen LogP contribution < -0.4 is 5.32 Å². The second-order valence-corrected chi connectivity index (χ2v) is 6.78. The molecule has 0 saturated carbocycles. The Balaban J connectivity index is 1.94. The number of nitrogens with zero attached hydrogens (tertiary/aromatic N) is 1. The van der Waals surface area contributed by atoms with Crippen LogP contribution in [-0.2, 0) is 10.3 Å². The van der Waals surface area contributed by atoms with Crippen molar-refractivity contribution in [2.45, 2.75) is 18.4 Å². The van der Waals surface area contributed by atoms with Crippen molar-refractivity contribution in [3.63, 3.8) is 0 Å². The first-order chi connectivity index (χ1) is 12.0. The molecule has 1 saturated heterocycles. The largest absolute Gasteiger partial charge is 0.450 e. The van der Waals surface area contributed by atoms with Crippen LogP contribution in [0.1, 0.15) is 28.8 Å². The fourth-order valence-electron chi connectivity index (χ4n) is 3.04. The van der Waals surface area contributed by atoms with Crippen LogP contribution in [-0.4, -0.2) is 24.0 Å². The number of hydrogen-bond acceptors (Lipinski definition) is 5. The molecule has 0 aliphatic carbocycles. The van der Waals surface area contributed by atoms with Gasteiger partial charge in [-0.25, -0.2) is 4.79 Å². The zero-order valence-corrected chi connectivity index (χ0v) is 15.0. The molecule has 0 atom stereocenters. The van der Waals surface area contributed by atoms with Crippen LogP contribution >= 0.6 is 15.9 Å². The highest BCUT2D eigenvalue weighted by molar-refractivity contribution is 9.10. The first-order valence-electron chi connectivity index (χ1n) is 7.95. The van der Waals surface area contributed by atoms with Gasteiger partial charge in [-0.15, -0.1) is 0 Å². The maximum atomic E-state index is 12.8. The summed E-state index contributed by atoms with van der Waals surface area (Å²) in [5.74, 6) is -0.568. The third kappa shape index (κ3) is 3.72. The van der Waals surface area contributed by atoms with Gasteiger partial charge in [0.2, 0.25) is 0 Å². The highest BCUT2D eigenvalue weighted by Gasteiger charge is 2.38. The van der Waals surface area contributed by atoms with Gasteiger partial charge in [0.1, 0.15) is 5.60 Å². The van der Waals surface area contributed by atoms with Crippen molar-refractivity contribution >= 4 is 27.6 Å². The second-order valence-electron chi connectivity index (χ2n) is 5.92. The highest BCUT2D eigenvalue weighted by atomic mass is 79.9. The zero-order valence-electron chi connectivity index (χ0n) is 13.4. The van der Waals surface area contributed by atoms with Gasteiger partial charge in [-0.1, -0.05) is 30.3 Å². The van der Waals surface area contributed by atoms with Gasteiger partial charge in [0.05, 0.1) is 10.5 Å². The lowest BCUT2D eigenvalue weighted by Gasteiger charge is -2.37. The van der Waals surface area contributed by atoms with Crippen molar-refractivity contribution < 1.29 is 14.5 Å². The second kappa shape index (κ2) is 7.33. The number of nitro groups is 1. The van der Waals surface area contributed by atoms with Gasteiger partial charge in [0, 0.05) is 29.4 Å². The van der Waals surface area contributed by atoms with Crippen molar-refractivity contribution in [1.29, 1.82) is 0 Å². The minimum atomic E-state index is -0.729. The summed E-state index contributed by atoms with van der Waals surface area (Å²) in [7, 11) is 0. The van der Waals surface area contributed by atoms with Crippen LogP contribution in [0, 0.1) is 10.1 Å². The lowest BCUT2D eigenvalue weighted by molar-refractivity contribution is -0.384. The highest BCUT2D eigenvalue weighted by Crippen LogP contribution is 2.36. The van der Waals surface area contributed by atoms with Gasteiger partial charge in [0.15, 0.2) is 0 Å². The summed E-state index contributed by atoms with van der Waals surface area (Å²) in [6.45, 7) is 1.47. The molecule has 1 fully saturated rings. The van der Waals surface area contributed by atoms with E-state index in [2.05, 4.69) is 21.2 Å². The molecule has 1 N–H and O–H groups in total. The fraction of sp³-hybridized carbons (Fsp3) is 0.278. The van der Waals surface area contributed by atoms with Crippen LogP contribution in [0.4, 0.5) is 5.69 Å². The molecule has 3 rings (SSSR count). The number of piperidine rings is 1. The van der Waals surface area contributed by atoms with E-state index in [4.69, 9.17) is 4.74 Å². The fourth-order valence-corrected chi connectivity index (χ4v) is 3.45. The van der Waals surface area contributed by atoms with E-state index >= 15 is 0 Å². The molecule has 0 amide bonds. The smallest absolute Gasteiger partial charge is 0.340 e. The quantitative estimate of drug-likeness (QED) is 0.476. The van der Waals surface area contributed by atoms with Crippen molar-refractivity contribution in [3.05, 3.63) is 74.2 Å². The van der Waals surface area contributed by atoms with Crippen LogP contribution in [0.5, 0.6) is 0 Å². The molecular formula is C18H17BrN2O4. The SMILES string of the molecule is O=C(OC1(c2ccccc2)CCNCC1)c1cc([N+](=O)[O-])ccc1Br. The third-order valence-corrected chi connectivity index (χ3v) is 5.07. The topological polar surface area (TPSA) is 81.5 Å². The van der Waals surface area contributed by atoms with Crippen molar-refractivity contribution in [3.8, 4) is 0 Å². The van der Waals surface area contributed by atoms with E-state index in [1.54, 1.807) is 0 Å². The number of hydrogen-bond donors (Lipinski definition) is 1. The van der Waals surface area contributed by atoms with Crippen LogP contribution in [0.2, 0.25) is 0 Å². The van der Waals surface area contributed by atoms with E-state index in [1.807, 2.05) is 30.3 Å². The molecule has 0 bridgehead atoms. The molecule has 6 nitrogen and oxygen atoms in total. The maximum absolute atomic E-state index is 12.8.